The van der Waals surface area contributed by atoms with Crippen LogP contribution in [-0.2, 0) is 6.42 Å². The molecule has 1 aliphatic rings. The van der Waals surface area contributed by atoms with Gasteiger partial charge in [0.2, 0.25) is 0 Å². The first kappa shape index (κ1) is 15.9. The van der Waals surface area contributed by atoms with Crippen molar-refractivity contribution in [1.82, 2.24) is 10.2 Å². The Morgan fingerprint density at radius 2 is 2.10 bits per heavy atom. The molecule has 2 rings (SSSR count). The summed E-state index contributed by atoms with van der Waals surface area (Å²) in [5, 5.41) is 3.71. The van der Waals surface area contributed by atoms with Crippen molar-refractivity contribution < 1.29 is 0 Å². The molecule has 3 unspecified atom stereocenters. The molecule has 20 heavy (non-hydrogen) atoms. The zero-order valence-electron chi connectivity index (χ0n) is 13.0. The Morgan fingerprint density at radius 1 is 1.35 bits per heavy atom. The summed E-state index contributed by atoms with van der Waals surface area (Å²) in [4.78, 5) is 2.69. The van der Waals surface area contributed by atoms with E-state index in [2.05, 4.69) is 73.1 Å². The van der Waals surface area contributed by atoms with Gasteiger partial charge in [-0.1, -0.05) is 37.3 Å². The Kier molecular flexibility index (Phi) is 6.40. The van der Waals surface area contributed by atoms with E-state index in [4.69, 9.17) is 0 Å². The summed E-state index contributed by atoms with van der Waals surface area (Å²) in [5.74, 6) is 2.47. The fourth-order valence-corrected chi connectivity index (χ4v) is 3.76. The van der Waals surface area contributed by atoms with Gasteiger partial charge in [0.1, 0.15) is 0 Å². The standard InChI is InChI=1S/C17H28N2S/c1-4-20-13-15(3)19-12-17(18-11-14(19)2)10-16-8-6-5-7-9-16/h5-9,14-15,17-18H,4,10-13H2,1-3H3. The predicted octanol–water partition coefficient (Wildman–Crippen LogP) is 3.03. The second-order valence-electron chi connectivity index (χ2n) is 5.85. The van der Waals surface area contributed by atoms with Crippen molar-refractivity contribution >= 4 is 11.8 Å². The highest BCUT2D eigenvalue weighted by Crippen LogP contribution is 2.17. The molecule has 1 fully saturated rings. The Bertz CT molecular complexity index is 382. The Morgan fingerprint density at radius 3 is 2.80 bits per heavy atom. The van der Waals surface area contributed by atoms with E-state index >= 15 is 0 Å². The van der Waals surface area contributed by atoms with Crippen molar-refractivity contribution in [3.63, 3.8) is 0 Å². The first-order valence-corrected chi connectivity index (χ1v) is 8.97. The molecule has 0 spiro atoms. The minimum Gasteiger partial charge on any atom is -0.311 e. The fourth-order valence-electron chi connectivity index (χ4n) is 2.99. The van der Waals surface area contributed by atoms with Crippen molar-refractivity contribution in [1.29, 1.82) is 0 Å². The van der Waals surface area contributed by atoms with Crippen LogP contribution in [0.4, 0.5) is 0 Å². The van der Waals surface area contributed by atoms with Gasteiger partial charge >= 0.3 is 0 Å². The molecule has 0 aliphatic carbocycles. The third kappa shape index (κ3) is 4.51. The van der Waals surface area contributed by atoms with E-state index in [0.29, 0.717) is 18.1 Å². The van der Waals surface area contributed by atoms with Gasteiger partial charge in [-0.05, 0) is 31.6 Å². The molecule has 0 amide bonds. The zero-order chi connectivity index (χ0) is 14.4. The summed E-state index contributed by atoms with van der Waals surface area (Å²) in [5.41, 5.74) is 1.44. The van der Waals surface area contributed by atoms with Crippen LogP contribution in [0.1, 0.15) is 26.3 Å². The van der Waals surface area contributed by atoms with Crippen LogP contribution in [0, 0.1) is 0 Å². The lowest BCUT2D eigenvalue weighted by molar-refractivity contribution is 0.109. The lowest BCUT2D eigenvalue weighted by atomic mass is 10.0. The third-order valence-corrected chi connectivity index (χ3v) is 5.28. The molecule has 0 saturated carbocycles. The van der Waals surface area contributed by atoms with E-state index in [-0.39, 0.29) is 0 Å². The Labute approximate surface area is 128 Å². The fraction of sp³-hybridized carbons (Fsp3) is 0.647. The van der Waals surface area contributed by atoms with Crippen molar-refractivity contribution in [2.75, 3.05) is 24.6 Å². The van der Waals surface area contributed by atoms with Crippen LogP contribution in [0.3, 0.4) is 0 Å². The van der Waals surface area contributed by atoms with Crippen LogP contribution in [0.15, 0.2) is 30.3 Å². The van der Waals surface area contributed by atoms with Crippen LogP contribution < -0.4 is 5.32 Å². The van der Waals surface area contributed by atoms with Crippen LogP contribution in [-0.4, -0.2) is 47.6 Å². The number of hydrogen-bond donors (Lipinski definition) is 1. The first-order valence-electron chi connectivity index (χ1n) is 7.81. The number of nitrogens with zero attached hydrogens (tertiary/aromatic N) is 1. The smallest absolute Gasteiger partial charge is 0.0236 e. The van der Waals surface area contributed by atoms with Crippen molar-refractivity contribution in [3.8, 4) is 0 Å². The largest absolute Gasteiger partial charge is 0.311 e. The summed E-state index contributed by atoms with van der Waals surface area (Å²) >= 11 is 2.06. The average molecular weight is 292 g/mol. The summed E-state index contributed by atoms with van der Waals surface area (Å²) in [6, 6.07) is 12.8. The van der Waals surface area contributed by atoms with Crippen molar-refractivity contribution in [3.05, 3.63) is 35.9 Å². The van der Waals surface area contributed by atoms with Gasteiger partial charge in [0.25, 0.3) is 0 Å². The molecule has 0 radical (unpaired) electrons. The molecule has 0 bridgehead atoms. The minimum atomic E-state index is 0.586. The number of hydrogen-bond acceptors (Lipinski definition) is 3. The monoisotopic (exact) mass is 292 g/mol. The van der Waals surface area contributed by atoms with Gasteiger partial charge in [0.05, 0.1) is 0 Å². The van der Waals surface area contributed by atoms with Crippen molar-refractivity contribution in [2.45, 2.75) is 45.3 Å². The van der Waals surface area contributed by atoms with Gasteiger partial charge in [-0.25, -0.2) is 0 Å². The van der Waals surface area contributed by atoms with Crippen molar-refractivity contribution in [2.24, 2.45) is 0 Å². The molecule has 1 aliphatic heterocycles. The van der Waals surface area contributed by atoms with Gasteiger partial charge in [-0.15, -0.1) is 0 Å². The molecular formula is C17H28N2S. The molecule has 1 N–H and O–H groups in total. The SMILES string of the molecule is CCSCC(C)N1CC(Cc2ccccc2)NCC1C. The maximum absolute atomic E-state index is 3.71. The summed E-state index contributed by atoms with van der Waals surface area (Å²) in [6.45, 7) is 9.25. The number of nitrogens with one attached hydrogen (secondary N) is 1. The maximum atomic E-state index is 3.71. The lowest BCUT2D eigenvalue weighted by Gasteiger charge is -2.42. The molecule has 1 aromatic rings. The molecular weight excluding hydrogens is 264 g/mol. The molecule has 3 heteroatoms. The third-order valence-electron chi connectivity index (χ3n) is 4.15. The van der Waals surface area contributed by atoms with Crippen LogP contribution >= 0.6 is 11.8 Å². The van der Waals surface area contributed by atoms with Gasteiger partial charge < -0.3 is 5.32 Å². The second-order valence-corrected chi connectivity index (χ2v) is 7.17. The zero-order valence-corrected chi connectivity index (χ0v) is 13.8. The lowest BCUT2D eigenvalue weighted by Crippen LogP contribution is -2.59. The summed E-state index contributed by atoms with van der Waals surface area (Å²) in [7, 11) is 0. The quantitative estimate of drug-likeness (QED) is 0.867. The highest BCUT2D eigenvalue weighted by molar-refractivity contribution is 7.99. The number of piperazine rings is 1. The van der Waals surface area contributed by atoms with E-state index in [9.17, 15) is 0 Å². The number of thioether (sulfide) groups is 1. The van der Waals surface area contributed by atoms with Crippen LogP contribution in [0.25, 0.3) is 0 Å². The molecule has 2 nitrogen and oxygen atoms in total. The first-order chi connectivity index (χ1) is 9.70. The van der Waals surface area contributed by atoms with E-state index in [1.165, 1.54) is 23.6 Å². The van der Waals surface area contributed by atoms with Gasteiger partial charge in [-0.3, -0.25) is 4.90 Å². The summed E-state index contributed by atoms with van der Waals surface area (Å²) in [6.07, 6.45) is 1.14. The van der Waals surface area contributed by atoms with Gasteiger partial charge in [0.15, 0.2) is 0 Å². The molecule has 3 atom stereocenters. The highest BCUT2D eigenvalue weighted by atomic mass is 32.2. The van der Waals surface area contributed by atoms with E-state index in [1.54, 1.807) is 0 Å². The number of benzene rings is 1. The minimum absolute atomic E-state index is 0.586. The van der Waals surface area contributed by atoms with Gasteiger partial charge in [0, 0.05) is 37.0 Å². The Hall–Kier alpha value is -0.510. The van der Waals surface area contributed by atoms with Crippen LogP contribution in [0.2, 0.25) is 0 Å². The summed E-state index contributed by atoms with van der Waals surface area (Å²) < 4.78 is 0. The molecule has 112 valence electrons. The highest BCUT2D eigenvalue weighted by Gasteiger charge is 2.28. The number of rotatable bonds is 6. The predicted molar refractivity (Wildman–Crippen MR) is 90.6 cm³/mol. The molecule has 1 heterocycles. The van der Waals surface area contributed by atoms with E-state index in [0.717, 1.165) is 13.0 Å². The molecule has 0 aromatic heterocycles. The average Bonchev–Trinajstić information content (AvgIpc) is 2.48. The second kappa shape index (κ2) is 8.06. The maximum Gasteiger partial charge on any atom is 0.0236 e. The van der Waals surface area contributed by atoms with Gasteiger partial charge in [-0.2, -0.15) is 11.8 Å². The van der Waals surface area contributed by atoms with E-state index in [1.807, 2.05) is 0 Å². The topological polar surface area (TPSA) is 15.3 Å². The molecule has 1 saturated heterocycles. The Balaban J connectivity index is 1.90. The van der Waals surface area contributed by atoms with Crippen LogP contribution in [0.5, 0.6) is 0 Å². The van der Waals surface area contributed by atoms with E-state index < -0.39 is 0 Å². The molecule has 1 aromatic carbocycles. The normalized spacial score (nSPS) is 25.6.